The maximum Gasteiger partial charge on any atom is 0.451 e. The second-order valence-corrected chi connectivity index (χ2v) is 7.56. The van der Waals surface area contributed by atoms with E-state index in [1.165, 1.54) is 6.07 Å². The predicted octanol–water partition coefficient (Wildman–Crippen LogP) is 3.14. The maximum absolute atomic E-state index is 13.3. The molecule has 0 spiro atoms. The molecule has 7 nitrogen and oxygen atoms in total. The first kappa shape index (κ1) is 20.3. The minimum Gasteiger partial charge on any atom is -0.485 e. The Morgan fingerprint density at radius 2 is 1.62 bits per heavy atom. The topological polar surface area (TPSA) is 67.8 Å². The first-order valence-electron chi connectivity index (χ1n) is 10.2. The quantitative estimate of drug-likeness (QED) is 0.605. The number of para-hydroxylation sites is 3. The van der Waals surface area contributed by atoms with Crippen LogP contribution in [-0.2, 0) is 11.0 Å². The first-order valence-corrected chi connectivity index (χ1v) is 10.2. The molecule has 2 aromatic carbocycles. The normalized spacial score (nSPS) is 18.7. The molecular weight excluding hydrogens is 425 g/mol. The fourth-order valence-corrected chi connectivity index (χ4v) is 3.91. The number of carbonyl (C=O) groups is 1. The Labute approximate surface area is 181 Å². The van der Waals surface area contributed by atoms with Gasteiger partial charge in [-0.2, -0.15) is 13.2 Å². The molecule has 3 heterocycles. The number of alkyl halides is 3. The second kappa shape index (κ2) is 7.85. The van der Waals surface area contributed by atoms with E-state index in [-0.39, 0.29) is 23.8 Å². The van der Waals surface area contributed by atoms with E-state index in [1.54, 1.807) is 46.2 Å². The summed E-state index contributed by atoms with van der Waals surface area (Å²) in [6.45, 7) is 1.46. The van der Waals surface area contributed by atoms with Crippen LogP contribution in [0.4, 0.5) is 19.0 Å². The SMILES string of the molecule is O=C([C@@H]1COc2ccccc2O1)N1CCN(c2nc(C(F)(F)F)nc3ccccc23)CC1. The number of ether oxygens (including phenoxy) is 2. The molecule has 0 N–H and O–H groups in total. The fraction of sp³-hybridized carbons (Fsp3) is 0.318. The van der Waals surface area contributed by atoms with Crippen LogP contribution in [0.2, 0.25) is 0 Å². The van der Waals surface area contributed by atoms with Crippen molar-refractivity contribution in [3.63, 3.8) is 0 Å². The molecule has 2 aliphatic heterocycles. The zero-order chi connectivity index (χ0) is 22.3. The summed E-state index contributed by atoms with van der Waals surface area (Å²) in [6, 6.07) is 13.8. The first-order chi connectivity index (χ1) is 15.4. The van der Waals surface area contributed by atoms with E-state index in [2.05, 4.69) is 9.97 Å². The third-order valence-corrected chi connectivity index (χ3v) is 5.51. The predicted molar refractivity (Wildman–Crippen MR) is 110 cm³/mol. The van der Waals surface area contributed by atoms with Gasteiger partial charge >= 0.3 is 6.18 Å². The summed E-state index contributed by atoms with van der Waals surface area (Å²) in [6.07, 6.45) is -5.40. The van der Waals surface area contributed by atoms with Crippen LogP contribution in [0.1, 0.15) is 5.82 Å². The van der Waals surface area contributed by atoms with E-state index in [1.807, 2.05) is 6.07 Å². The summed E-state index contributed by atoms with van der Waals surface area (Å²) in [7, 11) is 0. The molecule has 0 saturated carbocycles. The minimum atomic E-state index is -4.65. The molecule has 1 aromatic heterocycles. The summed E-state index contributed by atoms with van der Waals surface area (Å²) < 4.78 is 51.4. The monoisotopic (exact) mass is 444 g/mol. The summed E-state index contributed by atoms with van der Waals surface area (Å²) >= 11 is 0. The Kier molecular flexibility index (Phi) is 4.99. The molecule has 0 bridgehead atoms. The maximum atomic E-state index is 13.3. The van der Waals surface area contributed by atoms with Crippen LogP contribution >= 0.6 is 0 Å². The van der Waals surface area contributed by atoms with Crippen molar-refractivity contribution in [3.05, 3.63) is 54.4 Å². The summed E-state index contributed by atoms with van der Waals surface area (Å²) in [5.74, 6) is -0.0413. The van der Waals surface area contributed by atoms with E-state index in [4.69, 9.17) is 9.47 Å². The average Bonchev–Trinajstić information content (AvgIpc) is 2.82. The fourth-order valence-electron chi connectivity index (χ4n) is 3.91. The molecule has 2 aliphatic rings. The van der Waals surface area contributed by atoms with Gasteiger partial charge in [0.05, 0.1) is 5.52 Å². The molecule has 1 amide bonds. The number of amides is 1. The van der Waals surface area contributed by atoms with Crippen molar-refractivity contribution in [1.29, 1.82) is 0 Å². The Bertz CT molecular complexity index is 1160. The van der Waals surface area contributed by atoms with Crippen molar-refractivity contribution in [2.75, 3.05) is 37.7 Å². The molecule has 1 fully saturated rings. The second-order valence-electron chi connectivity index (χ2n) is 7.56. The molecule has 166 valence electrons. The third kappa shape index (κ3) is 3.76. The average molecular weight is 444 g/mol. The zero-order valence-corrected chi connectivity index (χ0v) is 16.9. The molecule has 32 heavy (non-hydrogen) atoms. The summed E-state index contributed by atoms with van der Waals surface area (Å²) in [5, 5.41) is 0.542. The lowest BCUT2D eigenvalue weighted by molar-refractivity contribution is -0.144. The lowest BCUT2D eigenvalue weighted by atomic mass is 10.2. The molecule has 1 atom stereocenters. The Hall–Kier alpha value is -3.56. The summed E-state index contributed by atoms with van der Waals surface area (Å²) in [4.78, 5) is 23.8. The Morgan fingerprint density at radius 3 is 2.38 bits per heavy atom. The van der Waals surface area contributed by atoms with E-state index >= 15 is 0 Å². The lowest BCUT2D eigenvalue weighted by Gasteiger charge is -2.38. The van der Waals surface area contributed by atoms with Crippen LogP contribution in [-0.4, -0.2) is 59.7 Å². The number of rotatable bonds is 2. The molecule has 10 heteroatoms. The van der Waals surface area contributed by atoms with Crippen molar-refractivity contribution in [3.8, 4) is 11.5 Å². The Morgan fingerprint density at radius 1 is 0.938 bits per heavy atom. The zero-order valence-electron chi connectivity index (χ0n) is 16.9. The molecule has 3 aromatic rings. The van der Waals surface area contributed by atoms with Gasteiger partial charge in [0, 0.05) is 31.6 Å². The largest absolute Gasteiger partial charge is 0.485 e. The van der Waals surface area contributed by atoms with Gasteiger partial charge in [-0.3, -0.25) is 4.79 Å². The van der Waals surface area contributed by atoms with E-state index in [0.717, 1.165) is 0 Å². The van der Waals surface area contributed by atoms with Crippen molar-refractivity contribution < 1.29 is 27.4 Å². The number of hydrogen-bond donors (Lipinski definition) is 0. The van der Waals surface area contributed by atoms with E-state index in [0.29, 0.717) is 43.1 Å². The highest BCUT2D eigenvalue weighted by molar-refractivity contribution is 5.90. The van der Waals surface area contributed by atoms with Gasteiger partial charge in [0.2, 0.25) is 11.9 Å². The van der Waals surface area contributed by atoms with Crippen molar-refractivity contribution >= 4 is 22.6 Å². The van der Waals surface area contributed by atoms with Gasteiger partial charge in [-0.25, -0.2) is 9.97 Å². The van der Waals surface area contributed by atoms with Gasteiger partial charge in [0.15, 0.2) is 11.5 Å². The van der Waals surface area contributed by atoms with Crippen molar-refractivity contribution in [2.24, 2.45) is 0 Å². The van der Waals surface area contributed by atoms with Crippen LogP contribution in [0.3, 0.4) is 0 Å². The van der Waals surface area contributed by atoms with Crippen LogP contribution in [0, 0.1) is 0 Å². The number of aromatic nitrogens is 2. The van der Waals surface area contributed by atoms with Gasteiger partial charge in [-0.05, 0) is 24.3 Å². The number of fused-ring (bicyclic) bond motifs is 2. The van der Waals surface area contributed by atoms with Gasteiger partial charge in [0.25, 0.3) is 5.91 Å². The molecular formula is C22H19F3N4O3. The number of anilines is 1. The third-order valence-electron chi connectivity index (χ3n) is 5.51. The number of carbonyl (C=O) groups excluding carboxylic acids is 1. The minimum absolute atomic E-state index is 0.113. The highest BCUT2D eigenvalue weighted by Gasteiger charge is 2.37. The van der Waals surface area contributed by atoms with Crippen LogP contribution in [0.15, 0.2) is 48.5 Å². The number of halogens is 3. The summed E-state index contributed by atoms with van der Waals surface area (Å²) in [5.41, 5.74) is 0.231. The van der Waals surface area contributed by atoms with E-state index in [9.17, 15) is 18.0 Å². The molecule has 1 saturated heterocycles. The van der Waals surface area contributed by atoms with Gasteiger partial charge in [0.1, 0.15) is 12.4 Å². The van der Waals surface area contributed by atoms with Crippen LogP contribution < -0.4 is 14.4 Å². The molecule has 0 radical (unpaired) electrons. The van der Waals surface area contributed by atoms with Gasteiger partial charge < -0.3 is 19.3 Å². The Balaban J connectivity index is 1.32. The molecule has 0 aliphatic carbocycles. The number of hydrogen-bond acceptors (Lipinski definition) is 6. The highest BCUT2D eigenvalue weighted by atomic mass is 19.4. The highest BCUT2D eigenvalue weighted by Crippen LogP contribution is 2.33. The van der Waals surface area contributed by atoms with Crippen LogP contribution in [0.25, 0.3) is 10.9 Å². The molecule has 0 unspecified atom stereocenters. The van der Waals surface area contributed by atoms with Crippen LogP contribution in [0.5, 0.6) is 11.5 Å². The number of benzene rings is 2. The van der Waals surface area contributed by atoms with Gasteiger partial charge in [-0.1, -0.05) is 24.3 Å². The lowest BCUT2D eigenvalue weighted by Crippen LogP contribution is -2.54. The van der Waals surface area contributed by atoms with E-state index < -0.39 is 18.1 Å². The van der Waals surface area contributed by atoms with Crippen molar-refractivity contribution in [1.82, 2.24) is 14.9 Å². The molecule has 5 rings (SSSR count). The van der Waals surface area contributed by atoms with Crippen molar-refractivity contribution in [2.45, 2.75) is 12.3 Å². The smallest absolute Gasteiger partial charge is 0.451 e. The number of nitrogens with zero attached hydrogens (tertiary/aromatic N) is 4. The van der Waals surface area contributed by atoms with Gasteiger partial charge in [-0.15, -0.1) is 0 Å². The standard InChI is InChI=1S/C22H19F3N4O3/c23-22(24,25)21-26-15-6-2-1-5-14(15)19(27-21)28-9-11-29(12-10-28)20(30)18-13-31-16-7-3-4-8-17(16)32-18/h1-8,18H,9-13H2/t18-/m0/s1. The number of piperazine rings is 1.